The Morgan fingerprint density at radius 3 is 2.42 bits per heavy atom. The second kappa shape index (κ2) is 12.6. The molecule has 0 unspecified atom stereocenters. The van der Waals surface area contributed by atoms with E-state index in [2.05, 4.69) is 18.8 Å². The van der Waals surface area contributed by atoms with E-state index in [1.54, 1.807) is 23.6 Å². The topological polar surface area (TPSA) is 46.2 Å². The summed E-state index contributed by atoms with van der Waals surface area (Å²) in [7, 11) is 0. The summed E-state index contributed by atoms with van der Waals surface area (Å²) >= 11 is 1.02. The third-order valence-corrected chi connectivity index (χ3v) is 4.33. The lowest BCUT2D eigenvalue weighted by atomic mass is 10.1. The number of benzene rings is 1. The van der Waals surface area contributed by atoms with Gasteiger partial charge in [-0.15, -0.1) is 0 Å². The van der Waals surface area contributed by atoms with Gasteiger partial charge in [0.15, 0.2) is 0 Å². The summed E-state index contributed by atoms with van der Waals surface area (Å²) in [5.74, 6) is -0.147. The van der Waals surface area contributed by atoms with Crippen molar-refractivity contribution in [3.05, 3.63) is 53.5 Å². The van der Waals surface area contributed by atoms with Gasteiger partial charge in [-0.2, -0.15) is 0 Å². The molecule has 0 radical (unpaired) electrons. The van der Waals surface area contributed by atoms with Crippen molar-refractivity contribution in [2.24, 2.45) is 0 Å². The third-order valence-electron chi connectivity index (χ3n) is 3.61. The first-order chi connectivity index (χ1) is 11.7. The van der Waals surface area contributed by atoms with Crippen molar-refractivity contribution < 1.29 is 9.59 Å². The molecule has 0 aliphatic carbocycles. The predicted molar refractivity (Wildman–Crippen MR) is 104 cm³/mol. The molecule has 0 heterocycles. The number of thioether (sulfide) groups is 1. The molecule has 130 valence electrons. The van der Waals surface area contributed by atoms with E-state index in [4.69, 9.17) is 0 Å². The fourth-order valence-corrected chi connectivity index (χ4v) is 2.74. The van der Waals surface area contributed by atoms with E-state index in [1.165, 1.54) is 31.8 Å². The van der Waals surface area contributed by atoms with Gasteiger partial charge in [-0.1, -0.05) is 75.6 Å². The molecule has 0 atom stereocenters. The standard InChI is InChI=1S/C20H27NO2S/c1-3-5-6-7-8-9-15-21-19(22)14-16-24-20(23)18-12-10-17(4-2)11-13-18/h4,10-14,16H,2-3,5-9,15H2,1H3,(H,21,22)/b16-14-. The van der Waals surface area contributed by atoms with Crippen LogP contribution < -0.4 is 5.32 Å². The molecule has 1 N–H and O–H groups in total. The maximum Gasteiger partial charge on any atom is 0.244 e. The van der Waals surface area contributed by atoms with Gasteiger partial charge in [0.2, 0.25) is 11.0 Å². The SMILES string of the molecule is C=Cc1ccc(C(=O)S/C=C\C(=O)NCCCCCCCC)cc1. The summed E-state index contributed by atoms with van der Waals surface area (Å²) < 4.78 is 0. The monoisotopic (exact) mass is 345 g/mol. The van der Waals surface area contributed by atoms with Crippen LogP contribution in [0.15, 0.2) is 42.3 Å². The number of amides is 1. The highest BCUT2D eigenvalue weighted by molar-refractivity contribution is 8.16. The highest BCUT2D eigenvalue weighted by Crippen LogP contribution is 2.14. The van der Waals surface area contributed by atoms with Crippen molar-refractivity contribution in [3.63, 3.8) is 0 Å². The highest BCUT2D eigenvalue weighted by atomic mass is 32.2. The van der Waals surface area contributed by atoms with Crippen molar-refractivity contribution in [1.82, 2.24) is 5.32 Å². The van der Waals surface area contributed by atoms with Gasteiger partial charge < -0.3 is 5.32 Å². The third kappa shape index (κ3) is 8.73. The summed E-state index contributed by atoms with van der Waals surface area (Å²) in [5.41, 5.74) is 1.59. The predicted octanol–water partition coefficient (Wildman–Crippen LogP) is 5.19. The molecule has 0 saturated heterocycles. The molecule has 1 amide bonds. The Morgan fingerprint density at radius 1 is 1.08 bits per heavy atom. The van der Waals surface area contributed by atoms with Gasteiger partial charge in [-0.25, -0.2) is 0 Å². The molecule has 1 rings (SSSR count). The number of hydrogen-bond acceptors (Lipinski definition) is 3. The first-order valence-electron chi connectivity index (χ1n) is 8.55. The molecule has 4 heteroatoms. The van der Waals surface area contributed by atoms with Gasteiger partial charge >= 0.3 is 0 Å². The van der Waals surface area contributed by atoms with Crippen LogP contribution in [-0.4, -0.2) is 17.6 Å². The Labute approximate surface area is 149 Å². The first kappa shape index (κ1) is 20.2. The van der Waals surface area contributed by atoms with E-state index in [1.807, 2.05) is 12.1 Å². The van der Waals surface area contributed by atoms with Crippen LogP contribution in [-0.2, 0) is 4.79 Å². The zero-order chi connectivity index (χ0) is 17.6. The second-order valence-corrected chi connectivity index (χ2v) is 6.47. The zero-order valence-corrected chi connectivity index (χ0v) is 15.2. The summed E-state index contributed by atoms with van der Waals surface area (Å²) in [4.78, 5) is 23.6. The first-order valence-corrected chi connectivity index (χ1v) is 9.43. The molecule has 1 aromatic rings. The van der Waals surface area contributed by atoms with Crippen LogP contribution in [0.4, 0.5) is 0 Å². The molecule has 0 aliphatic rings. The lowest BCUT2D eigenvalue weighted by molar-refractivity contribution is -0.116. The molecular weight excluding hydrogens is 318 g/mol. The quantitative estimate of drug-likeness (QED) is 0.443. The van der Waals surface area contributed by atoms with E-state index in [0.29, 0.717) is 12.1 Å². The Hall–Kier alpha value is -1.81. The molecule has 24 heavy (non-hydrogen) atoms. The maximum atomic E-state index is 12.0. The fraction of sp³-hybridized carbons (Fsp3) is 0.400. The van der Waals surface area contributed by atoms with Gasteiger partial charge in [0.1, 0.15) is 0 Å². The average Bonchev–Trinajstić information content (AvgIpc) is 2.61. The van der Waals surface area contributed by atoms with Crippen LogP contribution in [0, 0.1) is 0 Å². The van der Waals surface area contributed by atoms with E-state index < -0.39 is 0 Å². The Morgan fingerprint density at radius 2 is 1.75 bits per heavy atom. The van der Waals surface area contributed by atoms with Gasteiger partial charge in [-0.05, 0) is 29.5 Å². The highest BCUT2D eigenvalue weighted by Gasteiger charge is 2.04. The molecule has 0 saturated carbocycles. The molecule has 0 aliphatic heterocycles. The van der Waals surface area contributed by atoms with E-state index in [0.717, 1.165) is 30.2 Å². The number of rotatable bonds is 11. The minimum Gasteiger partial charge on any atom is -0.353 e. The number of carbonyl (C=O) groups excluding carboxylic acids is 2. The molecule has 0 bridgehead atoms. The van der Waals surface area contributed by atoms with Crippen molar-refractivity contribution >= 4 is 28.9 Å². The van der Waals surface area contributed by atoms with Gasteiger partial charge in [-0.3, -0.25) is 9.59 Å². The van der Waals surface area contributed by atoms with Crippen molar-refractivity contribution in [2.45, 2.75) is 45.4 Å². The van der Waals surface area contributed by atoms with E-state index in [9.17, 15) is 9.59 Å². The molecule has 1 aromatic carbocycles. The summed E-state index contributed by atoms with van der Waals surface area (Å²) in [6, 6.07) is 7.22. The molecule has 0 aromatic heterocycles. The Bertz CT molecular complexity index is 549. The van der Waals surface area contributed by atoms with Crippen LogP contribution >= 0.6 is 11.8 Å². The molecule has 0 spiro atoms. The lowest BCUT2D eigenvalue weighted by Crippen LogP contribution is -2.21. The van der Waals surface area contributed by atoms with E-state index in [-0.39, 0.29) is 11.0 Å². The van der Waals surface area contributed by atoms with Crippen LogP contribution in [0.3, 0.4) is 0 Å². The second-order valence-electron chi connectivity index (χ2n) is 5.59. The fourth-order valence-electron chi connectivity index (χ4n) is 2.16. The van der Waals surface area contributed by atoms with Gasteiger partial charge in [0.05, 0.1) is 0 Å². The molecule has 3 nitrogen and oxygen atoms in total. The van der Waals surface area contributed by atoms with Crippen LogP contribution in [0.5, 0.6) is 0 Å². The number of unbranched alkanes of at least 4 members (excludes halogenated alkanes) is 5. The number of carbonyl (C=O) groups is 2. The van der Waals surface area contributed by atoms with E-state index >= 15 is 0 Å². The van der Waals surface area contributed by atoms with Gasteiger partial charge in [0.25, 0.3) is 0 Å². The van der Waals surface area contributed by atoms with Crippen molar-refractivity contribution in [3.8, 4) is 0 Å². The minimum absolute atomic E-state index is 0.0782. The number of hydrogen-bond donors (Lipinski definition) is 1. The van der Waals surface area contributed by atoms with Crippen molar-refractivity contribution in [1.29, 1.82) is 0 Å². The number of nitrogens with one attached hydrogen (secondary N) is 1. The largest absolute Gasteiger partial charge is 0.353 e. The Balaban J connectivity index is 2.19. The summed E-state index contributed by atoms with van der Waals surface area (Å²) in [6.07, 6.45) is 10.3. The van der Waals surface area contributed by atoms with Crippen LogP contribution in [0.2, 0.25) is 0 Å². The lowest BCUT2D eigenvalue weighted by Gasteiger charge is -2.02. The molecular formula is C20H27NO2S. The van der Waals surface area contributed by atoms with Gasteiger partial charge in [0, 0.05) is 18.2 Å². The van der Waals surface area contributed by atoms with Crippen LogP contribution in [0.1, 0.15) is 61.4 Å². The maximum absolute atomic E-state index is 12.0. The average molecular weight is 346 g/mol. The smallest absolute Gasteiger partial charge is 0.244 e. The van der Waals surface area contributed by atoms with Crippen molar-refractivity contribution in [2.75, 3.05) is 6.54 Å². The zero-order valence-electron chi connectivity index (χ0n) is 14.4. The summed E-state index contributed by atoms with van der Waals surface area (Å²) in [6.45, 7) is 6.57. The minimum atomic E-state index is -0.147. The van der Waals surface area contributed by atoms with Crippen LogP contribution in [0.25, 0.3) is 6.08 Å². The normalized spacial score (nSPS) is 10.7. The summed E-state index contributed by atoms with van der Waals surface area (Å²) in [5, 5.41) is 4.30. The molecule has 0 fully saturated rings. The Kier molecular flexibility index (Phi) is 10.6.